The monoisotopic (exact) mass is 205 g/mol. The minimum absolute atomic E-state index is 0.0130. The fraction of sp³-hybridized carbons (Fsp3) is 0.250. The Kier molecular flexibility index (Phi) is 4.57. The molecule has 80 valence electrons. The molecule has 0 bridgehead atoms. The highest BCUT2D eigenvalue weighted by molar-refractivity contribution is 5.67. The summed E-state index contributed by atoms with van der Waals surface area (Å²) in [5, 5.41) is 8.50. The average Bonchev–Trinajstić information content (AvgIpc) is 2.18. The summed E-state index contributed by atoms with van der Waals surface area (Å²) in [6.45, 7) is 0. The standard InChI is InChI=1S/C12H15NO2/c13-11(9-12(14)15)8-4-7-10-5-2-1-3-6-10/h1-7,11H,8-9,13H2,(H,14,15). The van der Waals surface area contributed by atoms with E-state index in [1.165, 1.54) is 0 Å². The fourth-order valence-electron chi connectivity index (χ4n) is 1.25. The number of carboxylic acid groups (broad SMARTS) is 1. The van der Waals surface area contributed by atoms with Crippen molar-refractivity contribution in [1.82, 2.24) is 0 Å². The van der Waals surface area contributed by atoms with Crippen LogP contribution in [0.5, 0.6) is 0 Å². The molecule has 3 N–H and O–H groups in total. The molecule has 0 amide bonds. The highest BCUT2D eigenvalue weighted by atomic mass is 16.4. The van der Waals surface area contributed by atoms with Gasteiger partial charge in [-0.25, -0.2) is 0 Å². The Balaban J connectivity index is 2.37. The van der Waals surface area contributed by atoms with Crippen LogP contribution in [0.4, 0.5) is 0 Å². The van der Waals surface area contributed by atoms with Crippen molar-refractivity contribution in [3.05, 3.63) is 42.0 Å². The topological polar surface area (TPSA) is 63.3 Å². The molecule has 0 aliphatic rings. The molecule has 3 nitrogen and oxygen atoms in total. The zero-order chi connectivity index (χ0) is 11.1. The van der Waals surface area contributed by atoms with Crippen molar-refractivity contribution < 1.29 is 9.90 Å². The van der Waals surface area contributed by atoms with Crippen molar-refractivity contribution in [3.63, 3.8) is 0 Å². The van der Waals surface area contributed by atoms with Gasteiger partial charge in [0.2, 0.25) is 0 Å². The molecule has 0 saturated heterocycles. The summed E-state index contributed by atoms with van der Waals surface area (Å²) < 4.78 is 0. The lowest BCUT2D eigenvalue weighted by Crippen LogP contribution is -2.22. The number of aliphatic carboxylic acids is 1. The maximum Gasteiger partial charge on any atom is 0.304 e. The van der Waals surface area contributed by atoms with Crippen molar-refractivity contribution in [1.29, 1.82) is 0 Å². The molecule has 15 heavy (non-hydrogen) atoms. The molecule has 1 rings (SSSR count). The SMILES string of the molecule is NC(CC=Cc1ccccc1)CC(=O)O. The van der Waals surface area contributed by atoms with Crippen molar-refractivity contribution in [3.8, 4) is 0 Å². The Morgan fingerprint density at radius 2 is 2.07 bits per heavy atom. The van der Waals surface area contributed by atoms with Gasteiger partial charge in [0.1, 0.15) is 0 Å². The van der Waals surface area contributed by atoms with Crippen LogP contribution < -0.4 is 5.73 Å². The van der Waals surface area contributed by atoms with E-state index in [4.69, 9.17) is 10.8 Å². The minimum atomic E-state index is -0.851. The molecule has 0 radical (unpaired) electrons. The third-order valence-electron chi connectivity index (χ3n) is 1.99. The molecule has 0 aliphatic heterocycles. The number of benzene rings is 1. The predicted molar refractivity (Wildman–Crippen MR) is 60.3 cm³/mol. The number of carboxylic acids is 1. The molecule has 0 heterocycles. The van der Waals surface area contributed by atoms with Crippen LogP contribution in [0.3, 0.4) is 0 Å². The van der Waals surface area contributed by atoms with E-state index in [1.54, 1.807) is 0 Å². The number of carbonyl (C=O) groups is 1. The van der Waals surface area contributed by atoms with Gasteiger partial charge in [-0.15, -0.1) is 0 Å². The summed E-state index contributed by atoms with van der Waals surface area (Å²) in [4.78, 5) is 10.3. The van der Waals surface area contributed by atoms with Crippen LogP contribution in [-0.2, 0) is 4.79 Å². The van der Waals surface area contributed by atoms with Crippen LogP contribution in [0.25, 0.3) is 6.08 Å². The lowest BCUT2D eigenvalue weighted by molar-refractivity contribution is -0.137. The third-order valence-corrected chi connectivity index (χ3v) is 1.99. The van der Waals surface area contributed by atoms with E-state index in [9.17, 15) is 4.79 Å². The molecule has 1 aromatic carbocycles. The Hall–Kier alpha value is -1.61. The molecular formula is C12H15NO2. The largest absolute Gasteiger partial charge is 0.481 e. The van der Waals surface area contributed by atoms with Crippen LogP contribution in [0.1, 0.15) is 18.4 Å². The van der Waals surface area contributed by atoms with Gasteiger partial charge in [-0.05, 0) is 12.0 Å². The maximum atomic E-state index is 10.3. The summed E-state index contributed by atoms with van der Waals surface area (Å²) in [5.41, 5.74) is 6.70. The number of rotatable bonds is 5. The molecule has 0 spiro atoms. The lowest BCUT2D eigenvalue weighted by Gasteiger charge is -2.03. The average molecular weight is 205 g/mol. The summed E-state index contributed by atoms with van der Waals surface area (Å²) in [6, 6.07) is 9.53. The minimum Gasteiger partial charge on any atom is -0.481 e. The van der Waals surface area contributed by atoms with Gasteiger partial charge in [-0.1, -0.05) is 42.5 Å². The van der Waals surface area contributed by atoms with E-state index in [2.05, 4.69) is 0 Å². The van der Waals surface area contributed by atoms with Crippen LogP contribution >= 0.6 is 0 Å². The molecule has 3 heteroatoms. The van der Waals surface area contributed by atoms with Gasteiger partial charge in [0, 0.05) is 6.04 Å². The Morgan fingerprint density at radius 3 is 2.67 bits per heavy atom. The summed E-state index contributed by atoms with van der Waals surface area (Å²) in [5.74, 6) is -0.851. The first-order chi connectivity index (χ1) is 7.18. The molecule has 1 aromatic rings. The van der Waals surface area contributed by atoms with Crippen LogP contribution in [0.2, 0.25) is 0 Å². The van der Waals surface area contributed by atoms with Gasteiger partial charge >= 0.3 is 5.97 Å². The molecule has 1 atom stereocenters. The molecule has 0 saturated carbocycles. The van der Waals surface area contributed by atoms with E-state index >= 15 is 0 Å². The second-order valence-corrected chi connectivity index (χ2v) is 3.41. The van der Waals surface area contributed by atoms with E-state index < -0.39 is 5.97 Å². The van der Waals surface area contributed by atoms with Gasteiger partial charge < -0.3 is 10.8 Å². The van der Waals surface area contributed by atoms with Gasteiger partial charge in [0.15, 0.2) is 0 Å². The quantitative estimate of drug-likeness (QED) is 0.771. The maximum absolute atomic E-state index is 10.3. The van der Waals surface area contributed by atoms with E-state index in [1.807, 2.05) is 42.5 Å². The van der Waals surface area contributed by atoms with Gasteiger partial charge in [-0.2, -0.15) is 0 Å². The van der Waals surface area contributed by atoms with Crippen molar-refractivity contribution >= 4 is 12.0 Å². The molecular weight excluding hydrogens is 190 g/mol. The van der Waals surface area contributed by atoms with E-state index in [0.29, 0.717) is 6.42 Å². The molecule has 1 unspecified atom stereocenters. The summed E-state index contributed by atoms with van der Waals surface area (Å²) in [6.07, 6.45) is 4.45. The third kappa shape index (κ3) is 4.98. The number of hydrogen-bond acceptors (Lipinski definition) is 2. The zero-order valence-corrected chi connectivity index (χ0v) is 8.47. The molecule has 0 aliphatic carbocycles. The second-order valence-electron chi connectivity index (χ2n) is 3.41. The zero-order valence-electron chi connectivity index (χ0n) is 8.47. The number of hydrogen-bond donors (Lipinski definition) is 2. The van der Waals surface area contributed by atoms with Crippen molar-refractivity contribution in [2.75, 3.05) is 0 Å². The lowest BCUT2D eigenvalue weighted by atomic mass is 10.1. The smallest absolute Gasteiger partial charge is 0.304 e. The van der Waals surface area contributed by atoms with Gasteiger partial charge in [-0.3, -0.25) is 4.79 Å². The van der Waals surface area contributed by atoms with Gasteiger partial charge in [0.05, 0.1) is 6.42 Å². The predicted octanol–water partition coefficient (Wildman–Crippen LogP) is 1.89. The first kappa shape index (κ1) is 11.5. The Morgan fingerprint density at radius 1 is 1.40 bits per heavy atom. The van der Waals surface area contributed by atoms with Crippen LogP contribution in [0, 0.1) is 0 Å². The van der Waals surface area contributed by atoms with E-state index in [0.717, 1.165) is 5.56 Å². The Bertz CT molecular complexity index is 333. The first-order valence-electron chi connectivity index (χ1n) is 4.87. The molecule has 0 fully saturated rings. The van der Waals surface area contributed by atoms with Crippen molar-refractivity contribution in [2.45, 2.75) is 18.9 Å². The van der Waals surface area contributed by atoms with Gasteiger partial charge in [0.25, 0.3) is 0 Å². The van der Waals surface area contributed by atoms with Crippen LogP contribution in [-0.4, -0.2) is 17.1 Å². The van der Waals surface area contributed by atoms with E-state index in [-0.39, 0.29) is 12.5 Å². The fourth-order valence-corrected chi connectivity index (χ4v) is 1.25. The second kappa shape index (κ2) is 5.98. The Labute approximate surface area is 89.2 Å². The normalized spacial score (nSPS) is 12.9. The first-order valence-corrected chi connectivity index (χ1v) is 4.87. The van der Waals surface area contributed by atoms with Crippen molar-refractivity contribution in [2.24, 2.45) is 5.73 Å². The molecule has 0 aromatic heterocycles. The summed E-state index contributed by atoms with van der Waals surface area (Å²) in [7, 11) is 0. The van der Waals surface area contributed by atoms with Crippen LogP contribution in [0.15, 0.2) is 36.4 Å². The highest BCUT2D eigenvalue weighted by Crippen LogP contribution is 2.03. The highest BCUT2D eigenvalue weighted by Gasteiger charge is 2.04. The number of nitrogens with two attached hydrogens (primary N) is 1. The summed E-state index contributed by atoms with van der Waals surface area (Å²) >= 11 is 0.